The number of amides is 1. The lowest BCUT2D eigenvalue weighted by molar-refractivity contribution is -0.128. The third-order valence-corrected chi connectivity index (χ3v) is 6.14. The highest BCUT2D eigenvalue weighted by Gasteiger charge is 2.34. The fourth-order valence-corrected chi connectivity index (χ4v) is 4.76. The topological polar surface area (TPSA) is 53.6 Å². The summed E-state index contributed by atoms with van der Waals surface area (Å²) >= 11 is 0. The predicted molar refractivity (Wildman–Crippen MR) is 102 cm³/mol. The number of carbonyl (C=O) groups is 1. The Labute approximate surface area is 156 Å². The average molecular weight is 357 g/mol. The first kappa shape index (κ1) is 18.0. The zero-order chi connectivity index (χ0) is 17.8. The number of ether oxygens (including phenoxy) is 1. The van der Waals surface area contributed by atoms with E-state index in [1.165, 1.54) is 30.4 Å². The first-order valence-electron chi connectivity index (χ1n) is 10.2. The maximum atomic E-state index is 11.8. The number of hydrogen-bond acceptors (Lipinski definition) is 4. The quantitative estimate of drug-likeness (QED) is 0.818. The standard InChI is InChI=1S/C21H31N3O2/c25-21-8-3-10-24(21)14-17-5-1-4-16(12-17)13-23-19-7-2-6-18(19)20-15-26-11-9-22-20/h1,4-5,12,18-20,22-23H,2-3,6-11,13-15H2. The summed E-state index contributed by atoms with van der Waals surface area (Å²) in [6, 6.07) is 9.76. The second-order valence-corrected chi connectivity index (χ2v) is 7.96. The molecule has 3 aliphatic rings. The summed E-state index contributed by atoms with van der Waals surface area (Å²) in [5.41, 5.74) is 2.55. The van der Waals surface area contributed by atoms with Crippen LogP contribution in [-0.4, -0.2) is 49.2 Å². The van der Waals surface area contributed by atoms with Crippen molar-refractivity contribution in [2.45, 2.75) is 57.3 Å². The molecule has 0 bridgehead atoms. The van der Waals surface area contributed by atoms with E-state index in [2.05, 4.69) is 34.9 Å². The van der Waals surface area contributed by atoms with Crippen molar-refractivity contribution in [2.24, 2.45) is 5.92 Å². The van der Waals surface area contributed by atoms with E-state index in [0.29, 0.717) is 30.3 Å². The molecule has 3 unspecified atom stereocenters. The van der Waals surface area contributed by atoms with Gasteiger partial charge in [-0.1, -0.05) is 30.7 Å². The highest BCUT2D eigenvalue weighted by molar-refractivity contribution is 5.78. The van der Waals surface area contributed by atoms with Crippen LogP contribution >= 0.6 is 0 Å². The molecule has 1 aromatic rings. The summed E-state index contributed by atoms with van der Waals surface area (Å²) < 4.78 is 5.67. The van der Waals surface area contributed by atoms with Gasteiger partial charge in [-0.2, -0.15) is 0 Å². The van der Waals surface area contributed by atoms with E-state index in [9.17, 15) is 4.79 Å². The smallest absolute Gasteiger partial charge is 0.222 e. The summed E-state index contributed by atoms with van der Waals surface area (Å²) in [6.45, 7) is 5.22. The fourth-order valence-electron chi connectivity index (χ4n) is 4.76. The van der Waals surface area contributed by atoms with E-state index in [1.54, 1.807) is 0 Å². The van der Waals surface area contributed by atoms with E-state index in [4.69, 9.17) is 4.74 Å². The van der Waals surface area contributed by atoms with Gasteiger partial charge in [0.25, 0.3) is 0 Å². The molecule has 3 atom stereocenters. The van der Waals surface area contributed by atoms with Crippen LogP contribution in [0.15, 0.2) is 24.3 Å². The summed E-state index contributed by atoms with van der Waals surface area (Å²) in [5, 5.41) is 7.44. The summed E-state index contributed by atoms with van der Waals surface area (Å²) in [5.74, 6) is 0.963. The normalized spacial score (nSPS) is 29.5. The third-order valence-electron chi connectivity index (χ3n) is 6.14. The molecule has 1 saturated carbocycles. The molecule has 1 aromatic carbocycles. The van der Waals surface area contributed by atoms with Crippen molar-refractivity contribution in [3.8, 4) is 0 Å². The van der Waals surface area contributed by atoms with Crippen LogP contribution in [0.3, 0.4) is 0 Å². The van der Waals surface area contributed by atoms with Gasteiger partial charge in [0, 0.05) is 44.7 Å². The Bertz CT molecular complexity index is 615. The zero-order valence-electron chi connectivity index (χ0n) is 15.6. The molecule has 1 aliphatic carbocycles. The molecular formula is C21H31N3O2. The number of morpholine rings is 1. The van der Waals surface area contributed by atoms with E-state index >= 15 is 0 Å². The second-order valence-electron chi connectivity index (χ2n) is 7.96. The molecular weight excluding hydrogens is 326 g/mol. The zero-order valence-corrected chi connectivity index (χ0v) is 15.6. The van der Waals surface area contributed by atoms with Crippen LogP contribution in [0.5, 0.6) is 0 Å². The monoisotopic (exact) mass is 357 g/mol. The highest BCUT2D eigenvalue weighted by atomic mass is 16.5. The number of nitrogens with zero attached hydrogens (tertiary/aromatic N) is 1. The maximum absolute atomic E-state index is 11.8. The van der Waals surface area contributed by atoms with Crippen molar-refractivity contribution >= 4 is 5.91 Å². The molecule has 2 heterocycles. The van der Waals surface area contributed by atoms with Gasteiger partial charge in [-0.25, -0.2) is 0 Å². The molecule has 5 heteroatoms. The van der Waals surface area contributed by atoms with Gasteiger partial charge in [0.15, 0.2) is 0 Å². The molecule has 26 heavy (non-hydrogen) atoms. The molecule has 3 fully saturated rings. The Morgan fingerprint density at radius 3 is 2.96 bits per heavy atom. The minimum atomic E-state index is 0.296. The van der Waals surface area contributed by atoms with Crippen molar-refractivity contribution in [3.63, 3.8) is 0 Å². The van der Waals surface area contributed by atoms with Crippen LogP contribution < -0.4 is 10.6 Å². The molecule has 142 valence electrons. The van der Waals surface area contributed by atoms with Gasteiger partial charge in [0.1, 0.15) is 0 Å². The molecule has 2 saturated heterocycles. The maximum Gasteiger partial charge on any atom is 0.222 e. The van der Waals surface area contributed by atoms with Crippen LogP contribution in [0, 0.1) is 5.92 Å². The Morgan fingerprint density at radius 2 is 2.15 bits per heavy atom. The summed E-state index contributed by atoms with van der Waals surface area (Å²) in [6.07, 6.45) is 5.56. The van der Waals surface area contributed by atoms with Crippen molar-refractivity contribution in [3.05, 3.63) is 35.4 Å². The van der Waals surface area contributed by atoms with Crippen LogP contribution in [0.4, 0.5) is 0 Å². The first-order valence-corrected chi connectivity index (χ1v) is 10.2. The average Bonchev–Trinajstić information content (AvgIpc) is 3.30. The Morgan fingerprint density at radius 1 is 1.23 bits per heavy atom. The number of carbonyl (C=O) groups excluding carboxylic acids is 1. The number of benzene rings is 1. The Balaban J connectivity index is 1.32. The third kappa shape index (κ3) is 4.27. The van der Waals surface area contributed by atoms with Crippen molar-refractivity contribution in [1.29, 1.82) is 0 Å². The number of likely N-dealkylation sites (tertiary alicyclic amines) is 1. The fraction of sp³-hybridized carbons (Fsp3) is 0.667. The minimum absolute atomic E-state index is 0.296. The molecule has 2 aliphatic heterocycles. The summed E-state index contributed by atoms with van der Waals surface area (Å²) in [4.78, 5) is 13.8. The van der Waals surface area contributed by atoms with E-state index in [0.717, 1.165) is 45.8 Å². The lowest BCUT2D eigenvalue weighted by Gasteiger charge is -2.33. The van der Waals surface area contributed by atoms with Gasteiger partial charge >= 0.3 is 0 Å². The van der Waals surface area contributed by atoms with Gasteiger partial charge < -0.3 is 20.3 Å². The Hall–Kier alpha value is -1.43. The molecule has 0 spiro atoms. The Kier molecular flexibility index (Phi) is 5.88. The number of rotatable bonds is 6. The number of nitrogens with one attached hydrogen (secondary N) is 2. The van der Waals surface area contributed by atoms with E-state index in [-0.39, 0.29) is 0 Å². The van der Waals surface area contributed by atoms with Crippen molar-refractivity contribution in [1.82, 2.24) is 15.5 Å². The lowest BCUT2D eigenvalue weighted by Crippen LogP contribution is -2.50. The molecule has 0 aromatic heterocycles. The van der Waals surface area contributed by atoms with Crippen LogP contribution in [-0.2, 0) is 22.6 Å². The van der Waals surface area contributed by atoms with Crippen LogP contribution in [0.25, 0.3) is 0 Å². The van der Waals surface area contributed by atoms with Gasteiger partial charge in [-0.3, -0.25) is 4.79 Å². The molecule has 0 radical (unpaired) electrons. The van der Waals surface area contributed by atoms with Crippen molar-refractivity contribution < 1.29 is 9.53 Å². The van der Waals surface area contributed by atoms with Crippen LogP contribution in [0.2, 0.25) is 0 Å². The van der Waals surface area contributed by atoms with Gasteiger partial charge in [-0.15, -0.1) is 0 Å². The van der Waals surface area contributed by atoms with E-state index < -0.39 is 0 Å². The van der Waals surface area contributed by atoms with Crippen LogP contribution in [0.1, 0.15) is 43.2 Å². The SMILES string of the molecule is O=C1CCCN1Cc1cccc(CNC2CCCC2C2COCCN2)c1. The van der Waals surface area contributed by atoms with E-state index in [1.807, 2.05) is 4.90 Å². The minimum Gasteiger partial charge on any atom is -0.379 e. The molecule has 5 nitrogen and oxygen atoms in total. The predicted octanol–water partition coefficient (Wildman–Crippen LogP) is 2.06. The molecule has 1 amide bonds. The largest absolute Gasteiger partial charge is 0.379 e. The number of hydrogen-bond donors (Lipinski definition) is 2. The van der Waals surface area contributed by atoms with Crippen molar-refractivity contribution in [2.75, 3.05) is 26.3 Å². The molecule has 2 N–H and O–H groups in total. The first-order chi connectivity index (χ1) is 12.8. The van der Waals surface area contributed by atoms with Gasteiger partial charge in [0.2, 0.25) is 5.91 Å². The highest BCUT2D eigenvalue weighted by Crippen LogP contribution is 2.29. The second kappa shape index (κ2) is 8.51. The lowest BCUT2D eigenvalue weighted by atomic mass is 9.94. The summed E-state index contributed by atoms with van der Waals surface area (Å²) in [7, 11) is 0. The molecule has 4 rings (SSSR count). The van der Waals surface area contributed by atoms with Gasteiger partial charge in [0.05, 0.1) is 13.2 Å². The van der Waals surface area contributed by atoms with Gasteiger partial charge in [-0.05, 0) is 36.3 Å².